The summed E-state index contributed by atoms with van der Waals surface area (Å²) in [6, 6.07) is 11.8. The number of benzene rings is 1. The van der Waals surface area contributed by atoms with Crippen molar-refractivity contribution < 1.29 is 5.11 Å². The van der Waals surface area contributed by atoms with Crippen LogP contribution < -0.4 is 5.32 Å². The van der Waals surface area contributed by atoms with E-state index in [1.165, 1.54) is 44.3 Å². The number of piperidine rings is 1. The Balaban J connectivity index is 1.51. The van der Waals surface area contributed by atoms with E-state index in [9.17, 15) is 5.11 Å². The molecule has 0 spiro atoms. The smallest absolute Gasteiger partial charge is 0.0511 e. The molecule has 2 aliphatic heterocycles. The van der Waals surface area contributed by atoms with Crippen molar-refractivity contribution in [1.29, 1.82) is 0 Å². The molecule has 2 aliphatic rings. The standard InChI is InChI=1S/C17H26N2O/c20-13-15(14-5-2-1-3-6-14)12-18-16-8-10-19-9-4-7-17(19)11-16/h1-3,5-6,15-18,20H,4,7-13H2/t15-,16-,17+/m0/s1. The molecule has 1 aromatic rings. The molecule has 2 saturated heterocycles. The molecule has 20 heavy (non-hydrogen) atoms. The second-order valence-electron chi connectivity index (χ2n) is 6.25. The van der Waals surface area contributed by atoms with Crippen LogP contribution in [0, 0.1) is 0 Å². The molecule has 0 aromatic heterocycles. The maximum absolute atomic E-state index is 9.61. The van der Waals surface area contributed by atoms with Crippen molar-refractivity contribution in [2.75, 3.05) is 26.2 Å². The minimum atomic E-state index is 0.220. The molecule has 2 fully saturated rings. The Morgan fingerprint density at radius 1 is 1.20 bits per heavy atom. The second-order valence-corrected chi connectivity index (χ2v) is 6.25. The molecule has 0 unspecified atom stereocenters. The van der Waals surface area contributed by atoms with Crippen molar-refractivity contribution in [3.05, 3.63) is 35.9 Å². The zero-order chi connectivity index (χ0) is 13.8. The molecule has 0 radical (unpaired) electrons. The summed E-state index contributed by atoms with van der Waals surface area (Å²) in [6.45, 7) is 3.66. The number of aliphatic hydroxyl groups is 1. The molecule has 3 atom stereocenters. The average molecular weight is 274 g/mol. The average Bonchev–Trinajstić information content (AvgIpc) is 2.96. The highest BCUT2D eigenvalue weighted by Crippen LogP contribution is 2.27. The van der Waals surface area contributed by atoms with Crippen molar-refractivity contribution in [2.45, 2.75) is 43.7 Å². The van der Waals surface area contributed by atoms with Crippen LogP contribution >= 0.6 is 0 Å². The summed E-state index contributed by atoms with van der Waals surface area (Å²) in [5, 5.41) is 13.3. The quantitative estimate of drug-likeness (QED) is 0.862. The lowest BCUT2D eigenvalue weighted by Crippen LogP contribution is -2.46. The third-order valence-corrected chi connectivity index (χ3v) is 4.96. The molecule has 2 N–H and O–H groups in total. The Morgan fingerprint density at radius 2 is 2.05 bits per heavy atom. The predicted octanol–water partition coefficient (Wildman–Crippen LogP) is 1.98. The van der Waals surface area contributed by atoms with Gasteiger partial charge in [-0.25, -0.2) is 0 Å². The van der Waals surface area contributed by atoms with E-state index in [2.05, 4.69) is 34.5 Å². The van der Waals surface area contributed by atoms with Crippen molar-refractivity contribution >= 4 is 0 Å². The lowest BCUT2D eigenvalue weighted by atomic mass is 9.95. The molecule has 0 amide bonds. The molecule has 3 heteroatoms. The van der Waals surface area contributed by atoms with Crippen LogP contribution in [0.5, 0.6) is 0 Å². The first-order valence-corrected chi connectivity index (χ1v) is 8.00. The van der Waals surface area contributed by atoms with E-state index < -0.39 is 0 Å². The monoisotopic (exact) mass is 274 g/mol. The molecule has 0 saturated carbocycles. The van der Waals surface area contributed by atoms with Gasteiger partial charge in [0.05, 0.1) is 6.61 Å². The predicted molar refractivity (Wildman–Crippen MR) is 81.9 cm³/mol. The maximum atomic E-state index is 9.61. The third-order valence-electron chi connectivity index (χ3n) is 4.96. The lowest BCUT2D eigenvalue weighted by Gasteiger charge is -2.35. The van der Waals surface area contributed by atoms with Gasteiger partial charge in [0.1, 0.15) is 0 Å². The van der Waals surface area contributed by atoms with Gasteiger partial charge in [-0.2, -0.15) is 0 Å². The van der Waals surface area contributed by atoms with Gasteiger partial charge < -0.3 is 15.3 Å². The molecule has 0 bridgehead atoms. The molecular weight excluding hydrogens is 248 g/mol. The second kappa shape index (κ2) is 6.70. The van der Waals surface area contributed by atoms with Crippen LogP contribution in [-0.2, 0) is 0 Å². The van der Waals surface area contributed by atoms with E-state index in [4.69, 9.17) is 0 Å². The summed E-state index contributed by atoms with van der Waals surface area (Å²) in [5.41, 5.74) is 1.24. The normalized spacial score (nSPS) is 28.2. The fourth-order valence-electron chi connectivity index (χ4n) is 3.73. The van der Waals surface area contributed by atoms with Crippen molar-refractivity contribution in [3.8, 4) is 0 Å². The van der Waals surface area contributed by atoms with E-state index >= 15 is 0 Å². The number of rotatable bonds is 5. The van der Waals surface area contributed by atoms with Crippen LogP contribution in [0.1, 0.15) is 37.2 Å². The van der Waals surface area contributed by atoms with E-state index in [1.54, 1.807) is 0 Å². The minimum Gasteiger partial charge on any atom is -0.396 e. The zero-order valence-electron chi connectivity index (χ0n) is 12.2. The van der Waals surface area contributed by atoms with Gasteiger partial charge in [-0.1, -0.05) is 30.3 Å². The Hall–Kier alpha value is -0.900. The Labute approximate surface area is 122 Å². The number of nitrogens with zero attached hydrogens (tertiary/aromatic N) is 1. The SMILES string of the molecule is OC[C@H](CN[C@H]1CCN2CCC[C@@H]2C1)c1ccccc1. The topological polar surface area (TPSA) is 35.5 Å². The van der Waals surface area contributed by atoms with Gasteiger partial charge in [0, 0.05) is 24.5 Å². The first-order chi connectivity index (χ1) is 9.86. The molecular formula is C17H26N2O. The van der Waals surface area contributed by atoms with Crippen molar-refractivity contribution in [1.82, 2.24) is 10.2 Å². The number of hydrogen-bond acceptors (Lipinski definition) is 3. The van der Waals surface area contributed by atoms with Gasteiger partial charge in [-0.05, 0) is 44.3 Å². The van der Waals surface area contributed by atoms with Crippen LogP contribution in [0.25, 0.3) is 0 Å². The highest BCUT2D eigenvalue weighted by molar-refractivity contribution is 5.20. The third kappa shape index (κ3) is 3.22. The summed E-state index contributed by atoms with van der Waals surface area (Å²) in [6.07, 6.45) is 5.29. The highest BCUT2D eigenvalue weighted by Gasteiger charge is 2.31. The fourth-order valence-corrected chi connectivity index (χ4v) is 3.73. The van der Waals surface area contributed by atoms with E-state index in [0.717, 1.165) is 12.6 Å². The summed E-state index contributed by atoms with van der Waals surface area (Å²) >= 11 is 0. The summed E-state index contributed by atoms with van der Waals surface area (Å²) in [7, 11) is 0. The number of fused-ring (bicyclic) bond motifs is 1. The first kappa shape index (κ1) is 14.1. The molecule has 110 valence electrons. The molecule has 3 nitrogen and oxygen atoms in total. The molecule has 0 aliphatic carbocycles. The van der Waals surface area contributed by atoms with Crippen LogP contribution in [0.3, 0.4) is 0 Å². The van der Waals surface area contributed by atoms with Crippen LogP contribution in [0.2, 0.25) is 0 Å². The van der Waals surface area contributed by atoms with Gasteiger partial charge >= 0.3 is 0 Å². The largest absolute Gasteiger partial charge is 0.396 e. The van der Waals surface area contributed by atoms with Gasteiger partial charge in [-0.3, -0.25) is 0 Å². The van der Waals surface area contributed by atoms with Crippen LogP contribution in [0.4, 0.5) is 0 Å². The van der Waals surface area contributed by atoms with E-state index in [0.29, 0.717) is 6.04 Å². The number of hydrogen-bond donors (Lipinski definition) is 2. The maximum Gasteiger partial charge on any atom is 0.0511 e. The minimum absolute atomic E-state index is 0.220. The molecule has 3 rings (SSSR count). The Kier molecular flexibility index (Phi) is 4.71. The number of aliphatic hydroxyl groups excluding tert-OH is 1. The fraction of sp³-hybridized carbons (Fsp3) is 0.647. The molecule has 1 aromatic carbocycles. The first-order valence-electron chi connectivity index (χ1n) is 8.00. The summed E-state index contributed by atoms with van der Waals surface area (Å²) in [5.74, 6) is 0.220. The Bertz CT molecular complexity index is 409. The van der Waals surface area contributed by atoms with Crippen LogP contribution in [0.15, 0.2) is 30.3 Å². The highest BCUT2D eigenvalue weighted by atomic mass is 16.3. The van der Waals surface area contributed by atoms with Gasteiger partial charge in [-0.15, -0.1) is 0 Å². The van der Waals surface area contributed by atoms with Crippen molar-refractivity contribution in [2.24, 2.45) is 0 Å². The zero-order valence-corrected chi connectivity index (χ0v) is 12.2. The number of nitrogens with one attached hydrogen (secondary N) is 1. The van der Waals surface area contributed by atoms with Crippen molar-refractivity contribution in [3.63, 3.8) is 0 Å². The van der Waals surface area contributed by atoms with Gasteiger partial charge in [0.2, 0.25) is 0 Å². The van der Waals surface area contributed by atoms with Gasteiger partial charge in [0.15, 0.2) is 0 Å². The summed E-state index contributed by atoms with van der Waals surface area (Å²) in [4.78, 5) is 2.65. The van der Waals surface area contributed by atoms with E-state index in [-0.39, 0.29) is 12.5 Å². The van der Waals surface area contributed by atoms with Gasteiger partial charge in [0.25, 0.3) is 0 Å². The van der Waals surface area contributed by atoms with E-state index in [1.807, 2.05) is 6.07 Å². The lowest BCUT2D eigenvalue weighted by molar-refractivity contribution is 0.163. The van der Waals surface area contributed by atoms with Crippen LogP contribution in [-0.4, -0.2) is 48.3 Å². The Morgan fingerprint density at radius 3 is 2.85 bits per heavy atom. The molecule has 2 heterocycles. The summed E-state index contributed by atoms with van der Waals surface area (Å²) < 4.78 is 0.